The Hall–Kier alpha value is -2.87. The van der Waals surface area contributed by atoms with E-state index in [-0.39, 0.29) is 11.8 Å². The molecule has 2 rings (SSSR count). The van der Waals surface area contributed by atoms with Crippen molar-refractivity contribution in [3.63, 3.8) is 0 Å². The number of aromatic nitrogens is 1. The number of carbonyl (C=O) groups excluding carboxylic acids is 3. The highest BCUT2D eigenvalue weighted by Crippen LogP contribution is 2.19. The van der Waals surface area contributed by atoms with E-state index in [1.165, 1.54) is 0 Å². The number of amides is 2. The van der Waals surface area contributed by atoms with Crippen molar-refractivity contribution < 1.29 is 19.1 Å². The minimum atomic E-state index is -0.835. The fraction of sp³-hybridized carbons (Fsp3) is 0.577. The molecular formula is C26H40N4O4. The summed E-state index contributed by atoms with van der Waals surface area (Å²) in [7, 11) is 0. The molecule has 2 aromatic rings. The van der Waals surface area contributed by atoms with E-state index in [1.807, 2.05) is 58.2 Å². The van der Waals surface area contributed by atoms with Crippen molar-refractivity contribution in [2.75, 3.05) is 0 Å². The predicted octanol–water partition coefficient (Wildman–Crippen LogP) is 3.05. The molecule has 0 saturated carbocycles. The van der Waals surface area contributed by atoms with Gasteiger partial charge in [-0.05, 0) is 57.1 Å². The lowest BCUT2D eigenvalue weighted by Gasteiger charge is -2.28. The quantitative estimate of drug-likeness (QED) is 0.395. The number of carbonyl (C=O) groups is 3. The minimum Gasteiger partial charge on any atom is -0.458 e. The van der Waals surface area contributed by atoms with E-state index in [0.717, 1.165) is 16.5 Å². The lowest BCUT2D eigenvalue weighted by atomic mass is 9.99. The van der Waals surface area contributed by atoms with Crippen LogP contribution in [0.2, 0.25) is 0 Å². The molecule has 0 aliphatic heterocycles. The van der Waals surface area contributed by atoms with Crippen molar-refractivity contribution in [3.05, 3.63) is 36.0 Å². The standard InChI is InChI=1S/C26H40N4O4/c1-15(2)12-21(25(33)34-26(5,6)7)29-24(32)22(16(3)4)30-23(31)19(27)13-17-14-28-20-11-9-8-10-18(17)20/h8-11,14-16,19,21-22,28H,12-13,27H2,1-7H3,(H,29,32)(H,30,31)/t19-,21-,22-/m1/s1. The number of aromatic amines is 1. The minimum absolute atomic E-state index is 0.162. The van der Waals surface area contributed by atoms with Crippen LogP contribution in [0.4, 0.5) is 0 Å². The Balaban J connectivity index is 2.08. The lowest BCUT2D eigenvalue weighted by molar-refractivity contribution is -0.159. The van der Waals surface area contributed by atoms with Gasteiger partial charge < -0.3 is 26.1 Å². The van der Waals surface area contributed by atoms with Crippen LogP contribution >= 0.6 is 0 Å². The molecule has 1 aromatic carbocycles. The van der Waals surface area contributed by atoms with Gasteiger partial charge in [0.15, 0.2) is 0 Å². The number of fused-ring (bicyclic) bond motifs is 1. The van der Waals surface area contributed by atoms with E-state index < -0.39 is 41.5 Å². The van der Waals surface area contributed by atoms with Crippen LogP contribution in [0.5, 0.6) is 0 Å². The second kappa shape index (κ2) is 11.5. The number of H-pyrrole nitrogens is 1. The fourth-order valence-electron chi connectivity index (χ4n) is 3.75. The van der Waals surface area contributed by atoms with E-state index in [2.05, 4.69) is 15.6 Å². The van der Waals surface area contributed by atoms with E-state index in [9.17, 15) is 14.4 Å². The number of esters is 1. The van der Waals surface area contributed by atoms with Gasteiger partial charge in [0.25, 0.3) is 0 Å². The number of hydrogen-bond acceptors (Lipinski definition) is 5. The summed E-state index contributed by atoms with van der Waals surface area (Å²) in [5, 5.41) is 6.59. The Morgan fingerprint density at radius 2 is 1.68 bits per heavy atom. The third-order valence-corrected chi connectivity index (χ3v) is 5.41. The molecule has 8 nitrogen and oxygen atoms in total. The van der Waals surface area contributed by atoms with E-state index >= 15 is 0 Å². The first-order valence-electron chi connectivity index (χ1n) is 11.9. The molecule has 0 aliphatic carbocycles. The molecule has 8 heteroatoms. The first kappa shape index (κ1) is 27.4. The van der Waals surface area contributed by atoms with Gasteiger partial charge in [0.2, 0.25) is 11.8 Å². The van der Waals surface area contributed by atoms with Crippen LogP contribution in [0.1, 0.15) is 60.5 Å². The summed E-state index contributed by atoms with van der Waals surface area (Å²) in [6, 6.07) is 5.34. The highest BCUT2D eigenvalue weighted by Gasteiger charge is 2.32. The van der Waals surface area contributed by atoms with Crippen molar-refractivity contribution in [1.82, 2.24) is 15.6 Å². The van der Waals surface area contributed by atoms with Crippen LogP contribution in [0.15, 0.2) is 30.5 Å². The van der Waals surface area contributed by atoms with E-state index in [1.54, 1.807) is 20.8 Å². The van der Waals surface area contributed by atoms with Gasteiger partial charge in [-0.1, -0.05) is 45.9 Å². The van der Waals surface area contributed by atoms with E-state index in [0.29, 0.717) is 12.8 Å². The Morgan fingerprint density at radius 3 is 2.26 bits per heavy atom. The number of ether oxygens (including phenoxy) is 1. The first-order valence-corrected chi connectivity index (χ1v) is 11.9. The maximum Gasteiger partial charge on any atom is 0.329 e. The Labute approximate surface area is 202 Å². The summed E-state index contributed by atoms with van der Waals surface area (Å²) in [6.45, 7) is 13.0. The molecule has 2 amide bonds. The topological polar surface area (TPSA) is 126 Å². The fourth-order valence-corrected chi connectivity index (χ4v) is 3.75. The van der Waals surface area contributed by atoms with Crippen molar-refractivity contribution in [1.29, 1.82) is 0 Å². The zero-order chi connectivity index (χ0) is 25.6. The van der Waals surface area contributed by atoms with Crippen LogP contribution < -0.4 is 16.4 Å². The SMILES string of the molecule is CC(C)C[C@@H](NC(=O)[C@H](NC(=O)[C@H](N)Cc1c[nH]c2ccccc12)C(C)C)C(=O)OC(C)(C)C. The van der Waals surface area contributed by atoms with Gasteiger partial charge in [-0.2, -0.15) is 0 Å². The number of hydrogen-bond donors (Lipinski definition) is 4. The van der Waals surface area contributed by atoms with Crippen LogP contribution in [-0.4, -0.2) is 46.5 Å². The molecular weight excluding hydrogens is 432 g/mol. The monoisotopic (exact) mass is 472 g/mol. The second-order valence-corrected chi connectivity index (χ2v) is 10.6. The smallest absolute Gasteiger partial charge is 0.329 e. The highest BCUT2D eigenvalue weighted by atomic mass is 16.6. The van der Waals surface area contributed by atoms with Gasteiger partial charge in [0.1, 0.15) is 17.7 Å². The van der Waals surface area contributed by atoms with Gasteiger partial charge in [0, 0.05) is 17.1 Å². The largest absolute Gasteiger partial charge is 0.458 e. The van der Waals surface area contributed by atoms with Crippen LogP contribution in [-0.2, 0) is 25.5 Å². The molecule has 5 N–H and O–H groups in total. The zero-order valence-corrected chi connectivity index (χ0v) is 21.4. The second-order valence-electron chi connectivity index (χ2n) is 10.6. The average Bonchev–Trinajstić information content (AvgIpc) is 3.12. The molecule has 0 aliphatic rings. The maximum absolute atomic E-state index is 13.1. The van der Waals surface area contributed by atoms with Gasteiger partial charge in [0.05, 0.1) is 6.04 Å². The average molecular weight is 473 g/mol. The number of nitrogens with two attached hydrogens (primary N) is 1. The molecule has 1 aromatic heterocycles. The molecule has 0 radical (unpaired) electrons. The van der Waals surface area contributed by atoms with Crippen LogP contribution in [0.3, 0.4) is 0 Å². The summed E-state index contributed by atoms with van der Waals surface area (Å²) >= 11 is 0. The van der Waals surface area contributed by atoms with Crippen LogP contribution in [0.25, 0.3) is 10.9 Å². The van der Waals surface area contributed by atoms with Gasteiger partial charge in [-0.15, -0.1) is 0 Å². The number of rotatable bonds is 10. The Bertz CT molecular complexity index is 990. The molecule has 0 saturated heterocycles. The molecule has 188 valence electrons. The summed E-state index contributed by atoms with van der Waals surface area (Å²) in [5.74, 6) is -1.38. The molecule has 1 heterocycles. The van der Waals surface area contributed by atoms with Crippen molar-refractivity contribution in [2.24, 2.45) is 17.6 Å². The van der Waals surface area contributed by atoms with Gasteiger partial charge in [-0.25, -0.2) is 4.79 Å². The van der Waals surface area contributed by atoms with E-state index in [4.69, 9.17) is 10.5 Å². The molecule has 34 heavy (non-hydrogen) atoms. The number of para-hydroxylation sites is 1. The lowest BCUT2D eigenvalue weighted by Crippen LogP contribution is -2.57. The predicted molar refractivity (Wildman–Crippen MR) is 134 cm³/mol. The van der Waals surface area contributed by atoms with Gasteiger partial charge in [-0.3, -0.25) is 9.59 Å². The molecule has 3 atom stereocenters. The third-order valence-electron chi connectivity index (χ3n) is 5.41. The molecule has 0 bridgehead atoms. The number of benzene rings is 1. The Kier molecular flexibility index (Phi) is 9.27. The van der Waals surface area contributed by atoms with Crippen LogP contribution in [0, 0.1) is 11.8 Å². The first-order chi connectivity index (χ1) is 15.8. The summed E-state index contributed by atoms with van der Waals surface area (Å²) in [4.78, 5) is 41.9. The molecule has 0 spiro atoms. The number of nitrogens with one attached hydrogen (secondary N) is 3. The normalized spacial score (nSPS) is 14.6. The summed E-state index contributed by atoms with van der Waals surface area (Å²) in [5.41, 5.74) is 7.44. The molecule has 0 fully saturated rings. The summed E-state index contributed by atoms with van der Waals surface area (Å²) < 4.78 is 5.49. The maximum atomic E-state index is 13.1. The van der Waals surface area contributed by atoms with Crippen molar-refractivity contribution in [2.45, 2.75) is 85.0 Å². The van der Waals surface area contributed by atoms with Gasteiger partial charge >= 0.3 is 5.97 Å². The Morgan fingerprint density at radius 1 is 1.03 bits per heavy atom. The molecule has 0 unspecified atom stereocenters. The zero-order valence-electron chi connectivity index (χ0n) is 21.4. The summed E-state index contributed by atoms with van der Waals surface area (Å²) in [6.07, 6.45) is 2.61. The van der Waals surface area contributed by atoms with Crippen molar-refractivity contribution in [3.8, 4) is 0 Å². The highest BCUT2D eigenvalue weighted by molar-refractivity contribution is 5.92. The third kappa shape index (κ3) is 7.87. The van der Waals surface area contributed by atoms with Crippen molar-refractivity contribution >= 4 is 28.7 Å².